The average Bonchev–Trinajstić information content (AvgIpc) is 2.03. The molecule has 0 aliphatic rings. The van der Waals surface area contributed by atoms with Crippen molar-refractivity contribution in [1.82, 2.24) is 0 Å². The van der Waals surface area contributed by atoms with Gasteiger partial charge in [-0.3, -0.25) is 0 Å². The highest BCUT2D eigenvalue weighted by Crippen LogP contribution is 2.23. The molecule has 0 aromatic heterocycles. The number of ether oxygens (including phenoxy) is 1. The Balaban J connectivity index is 2.63. The van der Waals surface area contributed by atoms with Gasteiger partial charge < -0.3 is 9.84 Å². The van der Waals surface area contributed by atoms with Gasteiger partial charge in [-0.05, 0) is 34.1 Å². The van der Waals surface area contributed by atoms with E-state index in [4.69, 9.17) is 9.84 Å². The molecule has 3 nitrogen and oxygen atoms in total. The lowest BCUT2D eigenvalue weighted by Gasteiger charge is -2.03. The fraction of sp³-hybridized carbons (Fsp3) is 0.125. The fourth-order valence-corrected chi connectivity index (χ4v) is 1.03. The number of aliphatic carboxylic acids is 1. The Morgan fingerprint density at radius 3 is 3.08 bits per heavy atom. The van der Waals surface area contributed by atoms with Crippen LogP contribution < -0.4 is 4.74 Å². The molecule has 1 rings (SSSR count). The summed E-state index contributed by atoms with van der Waals surface area (Å²) in [5.74, 6) is -0.481. The zero-order chi connectivity index (χ0) is 8.97. The first-order chi connectivity index (χ1) is 5.70. The van der Waals surface area contributed by atoms with Crippen molar-refractivity contribution in [2.24, 2.45) is 0 Å². The van der Waals surface area contributed by atoms with E-state index in [9.17, 15) is 4.79 Å². The predicted molar refractivity (Wildman–Crippen MR) is 46.1 cm³/mol. The lowest BCUT2D eigenvalue weighted by atomic mass is 10.3. The second-order valence-electron chi connectivity index (χ2n) is 2.04. The lowest BCUT2D eigenvalue weighted by molar-refractivity contribution is -0.139. The van der Waals surface area contributed by atoms with E-state index in [1.807, 2.05) is 0 Å². The van der Waals surface area contributed by atoms with Crippen LogP contribution in [0.2, 0.25) is 0 Å². The predicted octanol–water partition coefficient (Wildman–Crippen LogP) is 1.71. The first kappa shape index (κ1) is 9.06. The summed E-state index contributed by atoms with van der Waals surface area (Å²) < 4.78 is 5.63. The quantitative estimate of drug-likeness (QED) is 0.859. The fourth-order valence-electron chi connectivity index (χ4n) is 0.652. The first-order valence-corrected chi connectivity index (χ1v) is 3.99. The normalized spacial score (nSPS) is 9.42. The molecular formula is C8H6BrO3. The third kappa shape index (κ3) is 2.54. The van der Waals surface area contributed by atoms with E-state index in [2.05, 4.69) is 22.0 Å². The molecule has 12 heavy (non-hydrogen) atoms. The first-order valence-electron chi connectivity index (χ1n) is 3.20. The molecule has 0 bridgehead atoms. The van der Waals surface area contributed by atoms with Crippen LogP contribution in [0, 0.1) is 6.07 Å². The Labute approximate surface area is 78.1 Å². The number of rotatable bonds is 3. The van der Waals surface area contributed by atoms with Crippen molar-refractivity contribution in [1.29, 1.82) is 0 Å². The Bertz CT molecular complexity index is 285. The van der Waals surface area contributed by atoms with E-state index in [0.29, 0.717) is 10.2 Å². The van der Waals surface area contributed by atoms with Gasteiger partial charge in [0.15, 0.2) is 6.61 Å². The van der Waals surface area contributed by atoms with E-state index >= 15 is 0 Å². The maximum Gasteiger partial charge on any atom is 0.341 e. The van der Waals surface area contributed by atoms with E-state index in [0.717, 1.165) is 0 Å². The van der Waals surface area contributed by atoms with Gasteiger partial charge in [0, 0.05) is 0 Å². The summed E-state index contributed by atoms with van der Waals surface area (Å²) in [6, 6.07) is 7.78. The van der Waals surface area contributed by atoms with E-state index in [1.165, 1.54) is 0 Å². The molecule has 0 amide bonds. The van der Waals surface area contributed by atoms with Gasteiger partial charge in [-0.1, -0.05) is 6.07 Å². The van der Waals surface area contributed by atoms with Crippen LogP contribution >= 0.6 is 15.9 Å². The van der Waals surface area contributed by atoms with Gasteiger partial charge in [0.05, 0.1) is 4.47 Å². The van der Waals surface area contributed by atoms with Crippen molar-refractivity contribution < 1.29 is 14.6 Å². The zero-order valence-electron chi connectivity index (χ0n) is 6.08. The Morgan fingerprint density at radius 2 is 2.50 bits per heavy atom. The molecule has 1 aromatic rings. The van der Waals surface area contributed by atoms with Crippen molar-refractivity contribution in [3.8, 4) is 5.75 Å². The highest BCUT2D eigenvalue weighted by atomic mass is 79.9. The minimum Gasteiger partial charge on any atom is -0.481 e. The SMILES string of the molecule is O=C(O)COc1cc[c]cc1Br. The van der Waals surface area contributed by atoms with Crippen LogP contribution in [0.4, 0.5) is 0 Å². The van der Waals surface area contributed by atoms with Crippen LogP contribution in [0.1, 0.15) is 0 Å². The average molecular weight is 230 g/mol. The highest BCUT2D eigenvalue weighted by molar-refractivity contribution is 9.10. The molecule has 0 saturated heterocycles. The Morgan fingerprint density at radius 1 is 1.75 bits per heavy atom. The van der Waals surface area contributed by atoms with Crippen molar-refractivity contribution >= 4 is 21.9 Å². The molecule has 0 unspecified atom stereocenters. The van der Waals surface area contributed by atoms with Gasteiger partial charge in [-0.25, -0.2) is 4.79 Å². The second kappa shape index (κ2) is 4.11. The summed E-state index contributed by atoms with van der Waals surface area (Å²) in [7, 11) is 0. The molecule has 0 fully saturated rings. The number of carbonyl (C=O) groups is 1. The molecule has 1 aromatic carbocycles. The molecule has 63 valence electrons. The maximum absolute atomic E-state index is 10.1. The van der Waals surface area contributed by atoms with Crippen molar-refractivity contribution in [2.75, 3.05) is 6.61 Å². The second-order valence-corrected chi connectivity index (χ2v) is 2.89. The van der Waals surface area contributed by atoms with Crippen molar-refractivity contribution in [3.63, 3.8) is 0 Å². The summed E-state index contributed by atoms with van der Waals surface area (Å²) in [6.45, 7) is -0.331. The third-order valence-corrected chi connectivity index (χ3v) is 1.75. The van der Waals surface area contributed by atoms with Crippen LogP contribution in [0.3, 0.4) is 0 Å². The van der Waals surface area contributed by atoms with Crippen LogP contribution in [0.15, 0.2) is 22.7 Å². The Kier molecular flexibility index (Phi) is 3.10. The number of hydrogen-bond acceptors (Lipinski definition) is 2. The molecule has 0 heterocycles. The molecule has 0 atom stereocenters. The van der Waals surface area contributed by atoms with Crippen molar-refractivity contribution in [2.45, 2.75) is 0 Å². The summed E-state index contributed by atoms with van der Waals surface area (Å²) >= 11 is 3.20. The number of carboxylic acid groups (broad SMARTS) is 1. The number of benzene rings is 1. The smallest absolute Gasteiger partial charge is 0.341 e. The Hall–Kier alpha value is -1.03. The zero-order valence-corrected chi connectivity index (χ0v) is 7.67. The van der Waals surface area contributed by atoms with Gasteiger partial charge in [-0.15, -0.1) is 0 Å². The van der Waals surface area contributed by atoms with Crippen LogP contribution in [0.25, 0.3) is 0 Å². The van der Waals surface area contributed by atoms with Gasteiger partial charge in [0.1, 0.15) is 5.75 Å². The standard InChI is InChI=1S/C8H6BrO3/c9-6-3-1-2-4-7(6)12-5-8(10)11/h2-4H,5H2,(H,10,11). The van der Waals surface area contributed by atoms with Gasteiger partial charge in [0.25, 0.3) is 0 Å². The molecule has 1 N–H and O–H groups in total. The highest BCUT2D eigenvalue weighted by Gasteiger charge is 2.01. The minimum atomic E-state index is -0.991. The van der Waals surface area contributed by atoms with Crippen LogP contribution in [-0.2, 0) is 4.79 Å². The monoisotopic (exact) mass is 229 g/mol. The third-order valence-electron chi connectivity index (χ3n) is 1.13. The molecule has 0 saturated carbocycles. The lowest BCUT2D eigenvalue weighted by Crippen LogP contribution is -2.09. The van der Waals surface area contributed by atoms with Crippen molar-refractivity contribution in [3.05, 3.63) is 28.7 Å². The summed E-state index contributed by atoms with van der Waals surface area (Å²) in [6.07, 6.45) is 0. The van der Waals surface area contributed by atoms with Crippen LogP contribution in [0.5, 0.6) is 5.75 Å². The number of carboxylic acids is 1. The molecule has 4 heteroatoms. The van der Waals surface area contributed by atoms with E-state index in [-0.39, 0.29) is 6.61 Å². The topological polar surface area (TPSA) is 46.5 Å². The molecule has 0 aliphatic heterocycles. The molecule has 0 spiro atoms. The molecule has 1 radical (unpaired) electrons. The summed E-state index contributed by atoms with van der Waals surface area (Å²) in [5.41, 5.74) is 0. The minimum absolute atomic E-state index is 0.331. The van der Waals surface area contributed by atoms with Gasteiger partial charge in [0.2, 0.25) is 0 Å². The molecule has 0 aliphatic carbocycles. The van der Waals surface area contributed by atoms with Gasteiger partial charge >= 0.3 is 5.97 Å². The molecular weight excluding hydrogens is 224 g/mol. The van der Waals surface area contributed by atoms with E-state index < -0.39 is 5.97 Å². The number of halogens is 1. The maximum atomic E-state index is 10.1. The van der Waals surface area contributed by atoms with E-state index in [1.54, 1.807) is 18.2 Å². The van der Waals surface area contributed by atoms with Gasteiger partial charge in [-0.2, -0.15) is 0 Å². The van der Waals surface area contributed by atoms with Crippen LogP contribution in [-0.4, -0.2) is 17.7 Å². The number of hydrogen-bond donors (Lipinski definition) is 1. The summed E-state index contributed by atoms with van der Waals surface area (Å²) in [4.78, 5) is 10.1. The summed E-state index contributed by atoms with van der Waals surface area (Å²) in [5, 5.41) is 8.32. The largest absolute Gasteiger partial charge is 0.481 e.